The Labute approximate surface area is 148 Å². The lowest BCUT2D eigenvalue weighted by atomic mass is 10.2. The van der Waals surface area contributed by atoms with Crippen molar-refractivity contribution in [1.29, 1.82) is 0 Å². The third-order valence-electron chi connectivity index (χ3n) is 3.00. The van der Waals surface area contributed by atoms with Gasteiger partial charge in [-0.25, -0.2) is 17.5 Å². The fourth-order valence-electron chi connectivity index (χ4n) is 1.89. The summed E-state index contributed by atoms with van der Waals surface area (Å²) < 4.78 is 40.1. The molecule has 9 heteroatoms. The maximum Gasteiger partial charge on any atom is 0.258 e. The molecule has 0 atom stereocenters. The van der Waals surface area contributed by atoms with Gasteiger partial charge in [0.05, 0.1) is 20.5 Å². The minimum Gasteiger partial charge on any atom is -0.322 e. The Bertz CT molecular complexity index is 888. The molecule has 0 fully saturated rings. The molecule has 128 valence electrons. The quantitative estimate of drug-likeness (QED) is 0.817. The summed E-state index contributed by atoms with van der Waals surface area (Å²) in [4.78, 5) is 12.0. The zero-order valence-electron chi connectivity index (χ0n) is 12.4. The Morgan fingerprint density at radius 3 is 2.46 bits per heavy atom. The van der Waals surface area contributed by atoms with Crippen molar-refractivity contribution in [2.45, 2.75) is 11.8 Å². The van der Waals surface area contributed by atoms with Gasteiger partial charge in [0.1, 0.15) is 5.82 Å². The molecule has 0 aromatic heterocycles. The number of halogens is 3. The molecule has 2 N–H and O–H groups in total. The van der Waals surface area contributed by atoms with Crippen LogP contribution in [0.25, 0.3) is 0 Å². The molecule has 0 unspecified atom stereocenters. The standard InChI is InChI=1S/C15H13Cl2FN2O3S/c1-2-19-24(22,23)10-4-6-14(18)11(8-10)15(21)20-9-3-5-12(16)13(17)7-9/h3-8,19H,2H2,1H3,(H,20,21). The van der Waals surface area contributed by atoms with Gasteiger partial charge < -0.3 is 5.32 Å². The first-order chi connectivity index (χ1) is 11.2. The summed E-state index contributed by atoms with van der Waals surface area (Å²) in [5.41, 5.74) is -0.103. The highest BCUT2D eigenvalue weighted by Gasteiger charge is 2.19. The van der Waals surface area contributed by atoms with E-state index < -0.39 is 27.3 Å². The Morgan fingerprint density at radius 1 is 1.12 bits per heavy atom. The van der Waals surface area contributed by atoms with Crippen LogP contribution >= 0.6 is 23.2 Å². The average molecular weight is 391 g/mol. The number of carbonyl (C=O) groups excluding carboxylic acids is 1. The van der Waals surface area contributed by atoms with E-state index in [0.717, 1.165) is 18.2 Å². The Balaban J connectivity index is 2.33. The SMILES string of the molecule is CCNS(=O)(=O)c1ccc(F)c(C(=O)Nc2ccc(Cl)c(Cl)c2)c1. The number of nitrogens with one attached hydrogen (secondary N) is 2. The van der Waals surface area contributed by atoms with Crippen molar-refractivity contribution in [3.05, 3.63) is 57.8 Å². The van der Waals surface area contributed by atoms with Crippen LogP contribution in [0.15, 0.2) is 41.3 Å². The second-order valence-electron chi connectivity index (χ2n) is 4.73. The van der Waals surface area contributed by atoms with E-state index in [1.807, 2.05) is 0 Å². The van der Waals surface area contributed by atoms with E-state index in [2.05, 4.69) is 10.0 Å². The third kappa shape index (κ3) is 4.24. The summed E-state index contributed by atoms with van der Waals surface area (Å²) in [5.74, 6) is -1.65. The number of sulfonamides is 1. The molecule has 2 aromatic rings. The van der Waals surface area contributed by atoms with Crippen molar-refractivity contribution in [2.75, 3.05) is 11.9 Å². The van der Waals surface area contributed by atoms with Gasteiger partial charge in [0.2, 0.25) is 10.0 Å². The summed E-state index contributed by atoms with van der Waals surface area (Å²) in [6, 6.07) is 7.35. The molecular weight excluding hydrogens is 378 g/mol. The van der Waals surface area contributed by atoms with Crippen molar-refractivity contribution in [3.63, 3.8) is 0 Å². The highest BCUT2D eigenvalue weighted by molar-refractivity contribution is 7.89. The monoisotopic (exact) mass is 390 g/mol. The van der Waals surface area contributed by atoms with Crippen LogP contribution in [-0.2, 0) is 10.0 Å². The minimum atomic E-state index is -3.80. The summed E-state index contributed by atoms with van der Waals surface area (Å²) >= 11 is 11.6. The largest absolute Gasteiger partial charge is 0.322 e. The first-order valence-electron chi connectivity index (χ1n) is 6.80. The molecule has 1 amide bonds. The minimum absolute atomic E-state index is 0.171. The Kier molecular flexibility index (Phi) is 5.82. The Morgan fingerprint density at radius 2 is 1.83 bits per heavy atom. The number of benzene rings is 2. The summed E-state index contributed by atoms with van der Waals surface area (Å²) in [6.45, 7) is 1.78. The van der Waals surface area contributed by atoms with E-state index in [1.165, 1.54) is 18.2 Å². The van der Waals surface area contributed by atoms with Crippen LogP contribution in [0.5, 0.6) is 0 Å². The van der Waals surface area contributed by atoms with Gasteiger partial charge >= 0.3 is 0 Å². The number of carbonyl (C=O) groups is 1. The molecule has 0 saturated carbocycles. The second kappa shape index (κ2) is 7.48. The number of hydrogen-bond acceptors (Lipinski definition) is 3. The van der Waals surface area contributed by atoms with E-state index >= 15 is 0 Å². The van der Waals surface area contributed by atoms with Crippen LogP contribution in [0.1, 0.15) is 17.3 Å². The highest BCUT2D eigenvalue weighted by Crippen LogP contribution is 2.25. The average Bonchev–Trinajstić information content (AvgIpc) is 2.51. The van der Waals surface area contributed by atoms with E-state index in [4.69, 9.17) is 23.2 Å². The molecule has 0 saturated heterocycles. The van der Waals surface area contributed by atoms with Crippen LogP contribution in [0, 0.1) is 5.82 Å². The molecule has 0 aliphatic heterocycles. The summed E-state index contributed by atoms with van der Waals surface area (Å²) in [6.07, 6.45) is 0. The van der Waals surface area contributed by atoms with Gasteiger partial charge in [0.25, 0.3) is 5.91 Å². The van der Waals surface area contributed by atoms with Gasteiger partial charge in [0.15, 0.2) is 0 Å². The molecule has 2 rings (SSSR count). The van der Waals surface area contributed by atoms with Gasteiger partial charge in [-0.05, 0) is 36.4 Å². The maximum absolute atomic E-state index is 13.9. The molecule has 5 nitrogen and oxygen atoms in total. The lowest BCUT2D eigenvalue weighted by molar-refractivity contribution is 0.102. The van der Waals surface area contributed by atoms with Crippen LogP contribution < -0.4 is 10.0 Å². The molecule has 0 spiro atoms. The van der Waals surface area contributed by atoms with Crippen LogP contribution in [-0.4, -0.2) is 20.9 Å². The molecule has 0 aliphatic rings. The molecule has 24 heavy (non-hydrogen) atoms. The summed E-state index contributed by atoms with van der Waals surface area (Å²) in [7, 11) is -3.80. The van der Waals surface area contributed by atoms with E-state index in [9.17, 15) is 17.6 Å². The van der Waals surface area contributed by atoms with E-state index in [1.54, 1.807) is 6.92 Å². The van der Waals surface area contributed by atoms with Gasteiger partial charge in [0, 0.05) is 12.2 Å². The molecular formula is C15H13Cl2FN2O3S. The number of amides is 1. The van der Waals surface area contributed by atoms with Crippen molar-refractivity contribution >= 4 is 44.8 Å². The zero-order chi connectivity index (χ0) is 17.9. The van der Waals surface area contributed by atoms with Crippen molar-refractivity contribution in [1.82, 2.24) is 4.72 Å². The first-order valence-corrected chi connectivity index (χ1v) is 9.04. The van der Waals surface area contributed by atoms with Crippen molar-refractivity contribution < 1.29 is 17.6 Å². The normalized spacial score (nSPS) is 11.3. The van der Waals surface area contributed by atoms with Crippen molar-refractivity contribution in [2.24, 2.45) is 0 Å². The predicted octanol–water partition coefficient (Wildman–Crippen LogP) is 3.68. The van der Waals surface area contributed by atoms with Gasteiger partial charge in [-0.3, -0.25) is 4.79 Å². The van der Waals surface area contributed by atoms with Crippen LogP contribution in [0.3, 0.4) is 0 Å². The fraction of sp³-hybridized carbons (Fsp3) is 0.133. The van der Waals surface area contributed by atoms with Crippen molar-refractivity contribution in [3.8, 4) is 0 Å². The van der Waals surface area contributed by atoms with Gasteiger partial charge in [-0.1, -0.05) is 30.1 Å². The van der Waals surface area contributed by atoms with Crippen LogP contribution in [0.4, 0.5) is 10.1 Å². The topological polar surface area (TPSA) is 75.3 Å². The molecule has 2 aromatic carbocycles. The molecule has 0 aliphatic carbocycles. The Hall–Kier alpha value is -1.67. The lowest BCUT2D eigenvalue weighted by Crippen LogP contribution is -2.24. The summed E-state index contributed by atoms with van der Waals surface area (Å²) in [5, 5.41) is 2.97. The lowest BCUT2D eigenvalue weighted by Gasteiger charge is -2.09. The smallest absolute Gasteiger partial charge is 0.258 e. The highest BCUT2D eigenvalue weighted by atomic mass is 35.5. The molecule has 0 heterocycles. The number of hydrogen-bond donors (Lipinski definition) is 2. The van der Waals surface area contributed by atoms with E-state index in [-0.39, 0.29) is 16.5 Å². The maximum atomic E-state index is 13.9. The molecule has 0 radical (unpaired) electrons. The second-order valence-corrected chi connectivity index (χ2v) is 7.31. The fourth-order valence-corrected chi connectivity index (χ4v) is 3.26. The van der Waals surface area contributed by atoms with Crippen LogP contribution in [0.2, 0.25) is 10.0 Å². The van der Waals surface area contributed by atoms with E-state index in [0.29, 0.717) is 10.7 Å². The zero-order valence-corrected chi connectivity index (χ0v) is 14.8. The molecule has 0 bridgehead atoms. The third-order valence-corrected chi connectivity index (χ3v) is 5.29. The van der Waals surface area contributed by atoms with Gasteiger partial charge in [-0.15, -0.1) is 0 Å². The predicted molar refractivity (Wildman–Crippen MR) is 91.7 cm³/mol. The number of rotatable bonds is 5. The van der Waals surface area contributed by atoms with Gasteiger partial charge in [-0.2, -0.15) is 0 Å². The number of anilines is 1. The first kappa shape index (κ1) is 18.7.